The fourth-order valence-electron chi connectivity index (χ4n) is 1.09. The van der Waals surface area contributed by atoms with Crippen LogP contribution in [0.2, 0.25) is 0 Å². The first-order chi connectivity index (χ1) is 7.72. The van der Waals surface area contributed by atoms with Gasteiger partial charge in [-0.25, -0.2) is 0 Å². The fourth-order valence-corrected chi connectivity index (χ4v) is 1.09. The topological polar surface area (TPSA) is 75.1 Å². The van der Waals surface area contributed by atoms with Crippen LogP contribution < -0.4 is 4.74 Å². The molecule has 0 N–H and O–H groups in total. The maximum Gasteiger partial charge on any atom is 0.308 e. The van der Waals surface area contributed by atoms with Crippen LogP contribution in [0.5, 0.6) is 5.75 Å². The highest BCUT2D eigenvalue weighted by atomic mass is 16.5. The Kier molecular flexibility index (Phi) is 4.63. The molecule has 0 saturated carbocycles. The Bertz CT molecular complexity index is 431. The van der Waals surface area contributed by atoms with Crippen LogP contribution in [0.3, 0.4) is 0 Å². The third-order valence-corrected chi connectivity index (χ3v) is 1.70. The van der Waals surface area contributed by atoms with Crippen LogP contribution in [0.1, 0.15) is 12.5 Å². The molecule has 5 nitrogen and oxygen atoms in total. The van der Waals surface area contributed by atoms with E-state index in [0.29, 0.717) is 12.3 Å². The number of carbonyl (C=O) groups excluding carboxylic acids is 1. The van der Waals surface area contributed by atoms with E-state index in [4.69, 9.17) is 10.3 Å². The van der Waals surface area contributed by atoms with E-state index in [1.807, 2.05) is 18.2 Å². The molecule has 0 saturated heterocycles. The first-order valence-corrected chi connectivity index (χ1v) is 4.68. The molecule has 82 valence electrons. The van der Waals surface area contributed by atoms with Crippen molar-refractivity contribution >= 4 is 12.0 Å². The Balaban J connectivity index is 2.60. The van der Waals surface area contributed by atoms with E-state index in [1.165, 1.54) is 6.92 Å². The van der Waals surface area contributed by atoms with E-state index in [0.717, 1.165) is 5.56 Å². The van der Waals surface area contributed by atoms with E-state index in [-0.39, 0.29) is 5.97 Å². The van der Waals surface area contributed by atoms with Crippen molar-refractivity contribution in [2.45, 2.75) is 6.92 Å². The second-order valence-electron chi connectivity index (χ2n) is 2.98. The van der Waals surface area contributed by atoms with Crippen molar-refractivity contribution in [2.75, 3.05) is 6.54 Å². The zero-order valence-electron chi connectivity index (χ0n) is 8.83. The van der Waals surface area contributed by atoms with Crippen molar-refractivity contribution in [2.24, 2.45) is 5.11 Å². The lowest BCUT2D eigenvalue weighted by Gasteiger charge is -2.00. The standard InChI is InChI=1S/C11H11N3O2/c1-9(15)16-11-6-4-10(5-7-11)3-2-8-13-14-12/h2-7H,8H2,1H3. The molecule has 16 heavy (non-hydrogen) atoms. The molecule has 0 bridgehead atoms. The van der Waals surface area contributed by atoms with Crippen molar-refractivity contribution in [3.63, 3.8) is 0 Å². The molecule has 0 fully saturated rings. The van der Waals surface area contributed by atoms with Gasteiger partial charge in [-0.3, -0.25) is 4.79 Å². The van der Waals surface area contributed by atoms with Crippen molar-refractivity contribution in [3.8, 4) is 5.75 Å². The van der Waals surface area contributed by atoms with E-state index in [9.17, 15) is 4.79 Å². The highest BCUT2D eigenvalue weighted by molar-refractivity contribution is 5.69. The number of hydrogen-bond donors (Lipinski definition) is 0. The molecular weight excluding hydrogens is 206 g/mol. The van der Waals surface area contributed by atoms with Crippen LogP contribution in [-0.4, -0.2) is 12.5 Å². The van der Waals surface area contributed by atoms with Gasteiger partial charge >= 0.3 is 5.97 Å². The summed E-state index contributed by atoms with van der Waals surface area (Å²) in [5.74, 6) is 0.173. The van der Waals surface area contributed by atoms with Gasteiger partial charge in [0.15, 0.2) is 0 Å². The predicted octanol–water partition coefficient (Wildman–Crippen LogP) is 2.94. The number of rotatable bonds is 4. The summed E-state index contributed by atoms with van der Waals surface area (Å²) in [6.07, 6.45) is 3.58. The molecule has 0 aliphatic heterocycles. The molecule has 1 aromatic carbocycles. The number of azide groups is 1. The first-order valence-electron chi connectivity index (χ1n) is 4.68. The van der Waals surface area contributed by atoms with E-state index in [1.54, 1.807) is 18.2 Å². The van der Waals surface area contributed by atoms with E-state index < -0.39 is 0 Å². The largest absolute Gasteiger partial charge is 0.427 e. The average Bonchev–Trinajstić information content (AvgIpc) is 2.26. The third kappa shape index (κ3) is 4.30. The number of carbonyl (C=O) groups is 1. The van der Waals surface area contributed by atoms with Gasteiger partial charge in [-0.2, -0.15) is 0 Å². The summed E-state index contributed by atoms with van der Waals surface area (Å²) in [7, 11) is 0. The number of ether oxygens (including phenoxy) is 1. The van der Waals surface area contributed by atoms with Crippen molar-refractivity contribution < 1.29 is 9.53 Å². The summed E-state index contributed by atoms with van der Waals surface area (Å²) in [4.78, 5) is 13.3. The maximum atomic E-state index is 10.7. The van der Waals surface area contributed by atoms with Crippen LogP contribution in [0.15, 0.2) is 35.5 Å². The van der Waals surface area contributed by atoms with Gasteiger partial charge in [-0.15, -0.1) is 0 Å². The van der Waals surface area contributed by atoms with Crippen LogP contribution in [-0.2, 0) is 4.79 Å². The van der Waals surface area contributed by atoms with Gasteiger partial charge in [-0.05, 0) is 23.2 Å². The predicted molar refractivity (Wildman–Crippen MR) is 60.8 cm³/mol. The number of nitrogens with zero attached hydrogens (tertiary/aromatic N) is 3. The second kappa shape index (κ2) is 6.27. The second-order valence-corrected chi connectivity index (χ2v) is 2.98. The molecule has 0 spiro atoms. The Morgan fingerprint density at radius 2 is 2.19 bits per heavy atom. The number of hydrogen-bond acceptors (Lipinski definition) is 3. The lowest BCUT2D eigenvalue weighted by atomic mass is 10.2. The van der Waals surface area contributed by atoms with Gasteiger partial charge < -0.3 is 4.74 Å². The van der Waals surface area contributed by atoms with Crippen LogP contribution in [0.25, 0.3) is 16.5 Å². The zero-order chi connectivity index (χ0) is 11.8. The summed E-state index contributed by atoms with van der Waals surface area (Å²) in [5.41, 5.74) is 9.01. The maximum absolute atomic E-state index is 10.7. The molecule has 0 radical (unpaired) electrons. The average molecular weight is 217 g/mol. The first kappa shape index (κ1) is 11.8. The van der Waals surface area contributed by atoms with Gasteiger partial charge in [0.05, 0.1) is 0 Å². The number of benzene rings is 1. The van der Waals surface area contributed by atoms with Crippen LogP contribution >= 0.6 is 0 Å². The van der Waals surface area contributed by atoms with Crippen LogP contribution in [0, 0.1) is 0 Å². The van der Waals surface area contributed by atoms with Crippen molar-refractivity contribution in [1.82, 2.24) is 0 Å². The summed E-state index contributed by atoms with van der Waals surface area (Å²) >= 11 is 0. The van der Waals surface area contributed by atoms with Gasteiger partial charge in [0.2, 0.25) is 0 Å². The van der Waals surface area contributed by atoms with E-state index in [2.05, 4.69) is 10.0 Å². The van der Waals surface area contributed by atoms with Gasteiger partial charge in [0.25, 0.3) is 0 Å². The molecule has 0 heterocycles. The third-order valence-electron chi connectivity index (χ3n) is 1.70. The minimum Gasteiger partial charge on any atom is -0.427 e. The Morgan fingerprint density at radius 1 is 1.50 bits per heavy atom. The summed E-state index contributed by atoms with van der Waals surface area (Å²) in [6.45, 7) is 1.68. The highest BCUT2D eigenvalue weighted by Gasteiger charge is 1.96. The molecule has 0 unspecified atom stereocenters. The van der Waals surface area contributed by atoms with Gasteiger partial charge in [0.1, 0.15) is 5.75 Å². The zero-order valence-corrected chi connectivity index (χ0v) is 8.83. The Hall–Kier alpha value is -2.26. The SMILES string of the molecule is CC(=O)Oc1ccc(C=CCN=[N+]=[N-])cc1. The molecular formula is C11H11N3O2. The summed E-state index contributed by atoms with van der Waals surface area (Å²) in [5, 5.41) is 3.37. The highest BCUT2D eigenvalue weighted by Crippen LogP contribution is 2.13. The van der Waals surface area contributed by atoms with Crippen LogP contribution in [0.4, 0.5) is 0 Å². The van der Waals surface area contributed by atoms with Gasteiger partial charge in [0, 0.05) is 18.4 Å². The molecule has 5 heteroatoms. The smallest absolute Gasteiger partial charge is 0.308 e. The monoisotopic (exact) mass is 217 g/mol. The molecule has 0 aromatic heterocycles. The molecule has 1 aromatic rings. The quantitative estimate of drug-likeness (QED) is 0.255. The van der Waals surface area contributed by atoms with Crippen molar-refractivity contribution in [3.05, 3.63) is 46.3 Å². The normalized spacial score (nSPS) is 9.81. The summed E-state index contributed by atoms with van der Waals surface area (Å²) in [6, 6.07) is 7.03. The molecule has 0 aliphatic rings. The lowest BCUT2D eigenvalue weighted by molar-refractivity contribution is -0.131. The summed E-state index contributed by atoms with van der Waals surface area (Å²) < 4.78 is 4.88. The van der Waals surface area contributed by atoms with E-state index >= 15 is 0 Å². The number of esters is 1. The molecule has 0 atom stereocenters. The minimum absolute atomic E-state index is 0.322. The molecule has 0 amide bonds. The molecule has 0 aliphatic carbocycles. The Morgan fingerprint density at radius 3 is 2.75 bits per heavy atom. The molecule has 1 rings (SSSR count). The minimum atomic E-state index is -0.341. The Labute approximate surface area is 93.0 Å². The van der Waals surface area contributed by atoms with Crippen molar-refractivity contribution in [1.29, 1.82) is 0 Å². The fraction of sp³-hybridized carbons (Fsp3) is 0.182. The van der Waals surface area contributed by atoms with Gasteiger partial charge in [-0.1, -0.05) is 29.4 Å². The lowest BCUT2D eigenvalue weighted by Crippen LogP contribution is -2.00.